The van der Waals surface area contributed by atoms with Gasteiger partial charge in [-0.3, -0.25) is 4.68 Å². The SMILES string of the molecule is Cc1ccccc1C(O)c1cnn(C)c1. The molecule has 1 atom stereocenters. The second-order valence-corrected chi connectivity index (χ2v) is 3.71. The van der Waals surface area contributed by atoms with Crippen LogP contribution in [-0.2, 0) is 7.05 Å². The summed E-state index contributed by atoms with van der Waals surface area (Å²) in [5.41, 5.74) is 2.85. The number of benzene rings is 1. The van der Waals surface area contributed by atoms with Gasteiger partial charge in [-0.15, -0.1) is 0 Å². The first kappa shape index (κ1) is 9.93. The maximum atomic E-state index is 10.1. The molecule has 1 unspecified atom stereocenters. The van der Waals surface area contributed by atoms with Crippen LogP contribution in [0.3, 0.4) is 0 Å². The number of aryl methyl sites for hydroxylation is 2. The Labute approximate surface area is 89.0 Å². The third-order valence-electron chi connectivity index (χ3n) is 2.52. The van der Waals surface area contributed by atoms with Crippen molar-refractivity contribution in [3.63, 3.8) is 0 Å². The standard InChI is InChI=1S/C12H14N2O/c1-9-5-3-4-6-11(9)12(15)10-7-13-14(2)8-10/h3-8,12,15H,1-2H3. The van der Waals surface area contributed by atoms with Crippen molar-refractivity contribution >= 4 is 0 Å². The Hall–Kier alpha value is -1.61. The van der Waals surface area contributed by atoms with E-state index < -0.39 is 6.10 Å². The lowest BCUT2D eigenvalue weighted by molar-refractivity contribution is 0.219. The van der Waals surface area contributed by atoms with Crippen LogP contribution in [0.2, 0.25) is 0 Å². The van der Waals surface area contributed by atoms with E-state index in [4.69, 9.17) is 0 Å². The summed E-state index contributed by atoms with van der Waals surface area (Å²) in [4.78, 5) is 0. The number of hydrogen-bond donors (Lipinski definition) is 1. The third kappa shape index (κ3) is 1.92. The third-order valence-corrected chi connectivity index (χ3v) is 2.52. The highest BCUT2D eigenvalue weighted by Gasteiger charge is 2.13. The van der Waals surface area contributed by atoms with Gasteiger partial charge in [0.15, 0.2) is 0 Å². The van der Waals surface area contributed by atoms with Gasteiger partial charge in [-0.1, -0.05) is 24.3 Å². The number of aromatic nitrogens is 2. The molecule has 1 N–H and O–H groups in total. The molecule has 0 aliphatic rings. The zero-order valence-corrected chi connectivity index (χ0v) is 8.88. The molecule has 0 radical (unpaired) electrons. The minimum absolute atomic E-state index is 0.583. The van der Waals surface area contributed by atoms with Gasteiger partial charge in [0, 0.05) is 18.8 Å². The van der Waals surface area contributed by atoms with Gasteiger partial charge in [0.25, 0.3) is 0 Å². The molecule has 0 aliphatic carbocycles. The zero-order valence-electron chi connectivity index (χ0n) is 8.88. The number of rotatable bonds is 2. The Bertz CT molecular complexity index is 462. The molecule has 2 aromatic rings. The number of nitrogens with zero attached hydrogens (tertiary/aromatic N) is 2. The molecule has 0 saturated carbocycles. The maximum Gasteiger partial charge on any atom is 0.107 e. The van der Waals surface area contributed by atoms with Crippen molar-refractivity contribution in [2.75, 3.05) is 0 Å². The van der Waals surface area contributed by atoms with Gasteiger partial charge < -0.3 is 5.11 Å². The molecular formula is C12H14N2O. The Morgan fingerprint density at radius 1 is 1.33 bits per heavy atom. The van der Waals surface area contributed by atoms with E-state index in [9.17, 15) is 5.11 Å². The van der Waals surface area contributed by atoms with Crippen LogP contribution in [0.5, 0.6) is 0 Å². The summed E-state index contributed by atoms with van der Waals surface area (Å²) in [6.45, 7) is 1.99. The molecule has 0 spiro atoms. The van der Waals surface area contributed by atoms with Crippen LogP contribution in [0, 0.1) is 6.92 Å². The second-order valence-electron chi connectivity index (χ2n) is 3.71. The molecule has 1 aromatic carbocycles. The molecule has 0 aliphatic heterocycles. The van der Waals surface area contributed by atoms with Crippen LogP contribution < -0.4 is 0 Å². The highest BCUT2D eigenvalue weighted by Crippen LogP contribution is 2.23. The van der Waals surface area contributed by atoms with Gasteiger partial charge in [0.2, 0.25) is 0 Å². The lowest BCUT2D eigenvalue weighted by Gasteiger charge is -2.11. The maximum absolute atomic E-state index is 10.1. The predicted molar refractivity (Wildman–Crippen MR) is 58.4 cm³/mol. The van der Waals surface area contributed by atoms with Gasteiger partial charge in [-0.2, -0.15) is 5.10 Å². The molecule has 0 bridgehead atoms. The Kier molecular flexibility index (Phi) is 2.56. The van der Waals surface area contributed by atoms with Gasteiger partial charge in [-0.05, 0) is 18.1 Å². The van der Waals surface area contributed by atoms with E-state index in [1.807, 2.05) is 44.4 Å². The fraction of sp³-hybridized carbons (Fsp3) is 0.250. The van der Waals surface area contributed by atoms with Crippen LogP contribution in [0.25, 0.3) is 0 Å². The van der Waals surface area contributed by atoms with E-state index in [2.05, 4.69) is 5.10 Å². The lowest BCUT2D eigenvalue weighted by atomic mass is 10.00. The highest BCUT2D eigenvalue weighted by atomic mass is 16.3. The van der Waals surface area contributed by atoms with Gasteiger partial charge in [0.1, 0.15) is 6.10 Å². The first-order valence-corrected chi connectivity index (χ1v) is 4.90. The molecular weight excluding hydrogens is 188 g/mol. The Morgan fingerprint density at radius 3 is 2.67 bits per heavy atom. The van der Waals surface area contributed by atoms with Crippen molar-refractivity contribution in [3.8, 4) is 0 Å². The van der Waals surface area contributed by atoms with Crippen molar-refractivity contribution in [1.29, 1.82) is 0 Å². The minimum atomic E-state index is -0.583. The molecule has 2 rings (SSSR count). The molecule has 15 heavy (non-hydrogen) atoms. The summed E-state index contributed by atoms with van der Waals surface area (Å²) in [5.74, 6) is 0. The Morgan fingerprint density at radius 2 is 2.07 bits per heavy atom. The quantitative estimate of drug-likeness (QED) is 0.806. The summed E-state index contributed by atoms with van der Waals surface area (Å²) < 4.78 is 1.69. The van der Waals surface area contributed by atoms with Crippen molar-refractivity contribution in [1.82, 2.24) is 9.78 Å². The van der Waals surface area contributed by atoms with Crippen molar-refractivity contribution < 1.29 is 5.11 Å². The fourth-order valence-corrected chi connectivity index (χ4v) is 1.65. The molecule has 0 saturated heterocycles. The first-order chi connectivity index (χ1) is 7.18. The summed E-state index contributed by atoms with van der Waals surface area (Å²) in [6, 6.07) is 7.83. The zero-order chi connectivity index (χ0) is 10.8. The van der Waals surface area contributed by atoms with E-state index in [0.29, 0.717) is 0 Å². The highest BCUT2D eigenvalue weighted by molar-refractivity contribution is 5.33. The summed E-state index contributed by atoms with van der Waals surface area (Å²) in [6.07, 6.45) is 2.94. The summed E-state index contributed by atoms with van der Waals surface area (Å²) >= 11 is 0. The average molecular weight is 202 g/mol. The molecule has 3 nitrogen and oxygen atoms in total. The molecule has 0 fully saturated rings. The average Bonchev–Trinajstić information content (AvgIpc) is 2.65. The summed E-state index contributed by atoms with van der Waals surface area (Å²) in [7, 11) is 1.84. The van der Waals surface area contributed by atoms with E-state index in [-0.39, 0.29) is 0 Å². The van der Waals surface area contributed by atoms with Crippen LogP contribution in [0.4, 0.5) is 0 Å². The smallest absolute Gasteiger partial charge is 0.107 e. The molecule has 78 valence electrons. The monoisotopic (exact) mass is 202 g/mol. The van der Waals surface area contributed by atoms with Crippen LogP contribution >= 0.6 is 0 Å². The van der Waals surface area contributed by atoms with Crippen molar-refractivity contribution in [2.24, 2.45) is 7.05 Å². The van der Waals surface area contributed by atoms with E-state index >= 15 is 0 Å². The normalized spacial score (nSPS) is 12.7. The van der Waals surface area contributed by atoms with Crippen LogP contribution in [0.15, 0.2) is 36.7 Å². The van der Waals surface area contributed by atoms with E-state index in [1.54, 1.807) is 10.9 Å². The van der Waals surface area contributed by atoms with Crippen molar-refractivity contribution in [2.45, 2.75) is 13.0 Å². The van der Waals surface area contributed by atoms with E-state index in [0.717, 1.165) is 16.7 Å². The van der Waals surface area contributed by atoms with Gasteiger partial charge in [-0.25, -0.2) is 0 Å². The summed E-state index contributed by atoms with van der Waals surface area (Å²) in [5, 5.41) is 14.2. The van der Waals surface area contributed by atoms with Crippen LogP contribution in [0.1, 0.15) is 22.8 Å². The van der Waals surface area contributed by atoms with Crippen molar-refractivity contribution in [3.05, 3.63) is 53.3 Å². The fourth-order valence-electron chi connectivity index (χ4n) is 1.65. The van der Waals surface area contributed by atoms with Gasteiger partial charge in [0.05, 0.1) is 6.20 Å². The molecule has 1 aromatic heterocycles. The van der Waals surface area contributed by atoms with Crippen LogP contribution in [-0.4, -0.2) is 14.9 Å². The Balaban J connectivity index is 2.36. The number of aliphatic hydroxyl groups is 1. The minimum Gasteiger partial charge on any atom is -0.384 e. The largest absolute Gasteiger partial charge is 0.384 e. The van der Waals surface area contributed by atoms with Gasteiger partial charge >= 0.3 is 0 Å². The predicted octanol–water partition coefficient (Wildman–Crippen LogP) is 1.81. The molecule has 3 heteroatoms. The van der Waals surface area contributed by atoms with E-state index in [1.165, 1.54) is 0 Å². The molecule has 1 heterocycles. The number of hydrogen-bond acceptors (Lipinski definition) is 2. The second kappa shape index (κ2) is 3.87. The topological polar surface area (TPSA) is 38.1 Å². The lowest BCUT2D eigenvalue weighted by Crippen LogP contribution is -2.00. The first-order valence-electron chi connectivity index (χ1n) is 4.90. The number of aliphatic hydroxyl groups excluding tert-OH is 1. The molecule has 0 amide bonds.